The molecule has 20 heavy (non-hydrogen) atoms. The number of aliphatic hydroxyl groups excluding tert-OH is 1. The van der Waals surface area contributed by atoms with Gasteiger partial charge in [-0.3, -0.25) is 10.1 Å². The number of aromatic nitrogens is 2. The van der Waals surface area contributed by atoms with Crippen molar-refractivity contribution in [3.63, 3.8) is 0 Å². The monoisotopic (exact) mass is 278 g/mol. The summed E-state index contributed by atoms with van der Waals surface area (Å²) in [6.07, 6.45) is 0. The molecular weight excluding hydrogens is 264 g/mol. The molecule has 8 nitrogen and oxygen atoms in total. The number of nitrogens with two attached hydrogens (primary N) is 1. The van der Waals surface area contributed by atoms with Crippen molar-refractivity contribution in [3.8, 4) is 17.0 Å². The molecule has 0 aliphatic rings. The van der Waals surface area contributed by atoms with Crippen molar-refractivity contribution < 1.29 is 14.8 Å². The average Bonchev–Trinajstić information content (AvgIpc) is 2.79. The Morgan fingerprint density at radius 3 is 2.85 bits per heavy atom. The first kappa shape index (κ1) is 13.8. The Morgan fingerprint density at radius 1 is 1.50 bits per heavy atom. The van der Waals surface area contributed by atoms with Crippen molar-refractivity contribution >= 4 is 11.5 Å². The van der Waals surface area contributed by atoms with Crippen LogP contribution in [-0.4, -0.2) is 33.5 Å². The number of benzene rings is 1. The number of nitro benzene ring substituents is 1. The van der Waals surface area contributed by atoms with Crippen molar-refractivity contribution in [3.05, 3.63) is 34.4 Å². The molecule has 0 aliphatic carbocycles. The van der Waals surface area contributed by atoms with E-state index in [2.05, 4.69) is 5.10 Å². The lowest BCUT2D eigenvalue weighted by Crippen LogP contribution is -2.07. The minimum absolute atomic E-state index is 0.0617. The fourth-order valence-electron chi connectivity index (χ4n) is 1.84. The van der Waals surface area contributed by atoms with Gasteiger partial charge >= 0.3 is 0 Å². The smallest absolute Gasteiger partial charge is 0.273 e. The van der Waals surface area contributed by atoms with Crippen LogP contribution in [0.2, 0.25) is 0 Å². The van der Waals surface area contributed by atoms with Crippen LogP contribution in [0, 0.1) is 10.1 Å². The lowest BCUT2D eigenvalue weighted by molar-refractivity contribution is -0.384. The molecule has 0 saturated heterocycles. The number of aliphatic hydroxyl groups is 1. The molecule has 0 spiro atoms. The molecule has 1 heterocycles. The predicted molar refractivity (Wildman–Crippen MR) is 72.4 cm³/mol. The lowest BCUT2D eigenvalue weighted by atomic mass is 10.1. The van der Waals surface area contributed by atoms with Gasteiger partial charge < -0.3 is 15.6 Å². The van der Waals surface area contributed by atoms with Gasteiger partial charge in [0.1, 0.15) is 11.6 Å². The average molecular weight is 278 g/mol. The number of nitrogen functional groups attached to an aromatic ring is 1. The molecule has 0 saturated carbocycles. The van der Waals surface area contributed by atoms with Gasteiger partial charge in [-0.2, -0.15) is 5.10 Å². The summed E-state index contributed by atoms with van der Waals surface area (Å²) in [5.74, 6) is 0.738. The van der Waals surface area contributed by atoms with Crippen molar-refractivity contribution in [2.24, 2.45) is 0 Å². The molecule has 0 unspecified atom stereocenters. The highest BCUT2D eigenvalue weighted by Gasteiger charge is 2.15. The molecule has 106 valence electrons. The second-order valence-corrected chi connectivity index (χ2v) is 4.04. The minimum atomic E-state index is -0.495. The van der Waals surface area contributed by atoms with Gasteiger partial charge in [0.2, 0.25) is 0 Å². The van der Waals surface area contributed by atoms with Crippen molar-refractivity contribution in [1.29, 1.82) is 0 Å². The normalized spacial score (nSPS) is 10.5. The van der Waals surface area contributed by atoms with E-state index in [0.717, 1.165) is 0 Å². The maximum absolute atomic E-state index is 10.7. The van der Waals surface area contributed by atoms with Gasteiger partial charge in [0.15, 0.2) is 0 Å². The number of hydrogen-bond donors (Lipinski definition) is 2. The number of ether oxygens (including phenoxy) is 1. The topological polar surface area (TPSA) is 116 Å². The fourth-order valence-corrected chi connectivity index (χ4v) is 1.84. The van der Waals surface area contributed by atoms with Gasteiger partial charge in [0, 0.05) is 17.7 Å². The van der Waals surface area contributed by atoms with Crippen LogP contribution in [0.1, 0.15) is 0 Å². The summed E-state index contributed by atoms with van der Waals surface area (Å²) in [5, 5.41) is 23.9. The number of rotatable bonds is 5. The molecule has 0 atom stereocenters. The largest absolute Gasteiger partial charge is 0.496 e. The highest BCUT2D eigenvalue weighted by molar-refractivity contribution is 5.71. The number of nitro groups is 1. The Labute approximate surface area is 114 Å². The van der Waals surface area contributed by atoms with Crippen LogP contribution in [-0.2, 0) is 6.54 Å². The molecular formula is C12H14N4O4. The van der Waals surface area contributed by atoms with E-state index in [1.54, 1.807) is 12.1 Å². The van der Waals surface area contributed by atoms with Crippen molar-refractivity contribution in [2.75, 3.05) is 19.5 Å². The van der Waals surface area contributed by atoms with Gasteiger partial charge in [-0.15, -0.1) is 0 Å². The van der Waals surface area contributed by atoms with E-state index in [1.165, 1.54) is 23.9 Å². The maximum Gasteiger partial charge on any atom is 0.273 e. The summed E-state index contributed by atoms with van der Waals surface area (Å²) >= 11 is 0. The Hall–Kier alpha value is -2.61. The van der Waals surface area contributed by atoms with Crippen LogP contribution in [0.3, 0.4) is 0 Å². The Kier molecular flexibility index (Phi) is 3.85. The molecule has 0 fully saturated rings. The molecule has 0 amide bonds. The third-order valence-corrected chi connectivity index (χ3v) is 2.79. The second kappa shape index (κ2) is 5.57. The first-order valence-electron chi connectivity index (χ1n) is 5.83. The molecule has 1 aromatic heterocycles. The number of anilines is 1. The highest BCUT2D eigenvalue weighted by atomic mass is 16.6. The van der Waals surface area contributed by atoms with E-state index in [4.69, 9.17) is 15.6 Å². The summed E-state index contributed by atoms with van der Waals surface area (Å²) in [5.41, 5.74) is 6.84. The van der Waals surface area contributed by atoms with Crippen LogP contribution >= 0.6 is 0 Å². The summed E-state index contributed by atoms with van der Waals surface area (Å²) in [6.45, 7) is 0.198. The fraction of sp³-hybridized carbons (Fsp3) is 0.250. The van der Waals surface area contributed by atoms with E-state index in [-0.39, 0.29) is 18.8 Å². The zero-order valence-corrected chi connectivity index (χ0v) is 10.8. The third kappa shape index (κ3) is 2.54. The van der Waals surface area contributed by atoms with Gasteiger partial charge in [0.05, 0.1) is 36.9 Å². The van der Waals surface area contributed by atoms with Crippen molar-refractivity contribution in [2.45, 2.75) is 6.54 Å². The first-order valence-corrected chi connectivity index (χ1v) is 5.83. The van der Waals surface area contributed by atoms with E-state index in [1.807, 2.05) is 0 Å². The molecule has 8 heteroatoms. The number of nitrogens with zero attached hydrogens (tertiary/aromatic N) is 3. The third-order valence-electron chi connectivity index (χ3n) is 2.79. The Balaban J connectivity index is 2.46. The maximum atomic E-state index is 10.7. The lowest BCUT2D eigenvalue weighted by Gasteiger charge is -2.05. The first-order chi connectivity index (χ1) is 9.56. The zero-order valence-electron chi connectivity index (χ0n) is 10.8. The summed E-state index contributed by atoms with van der Waals surface area (Å²) in [7, 11) is 1.43. The second-order valence-electron chi connectivity index (χ2n) is 4.04. The van der Waals surface area contributed by atoms with E-state index in [0.29, 0.717) is 22.8 Å². The number of hydrogen-bond acceptors (Lipinski definition) is 6. The van der Waals surface area contributed by atoms with Gasteiger partial charge in [-0.05, 0) is 6.07 Å². The quantitative estimate of drug-likeness (QED) is 0.623. The Morgan fingerprint density at radius 2 is 2.25 bits per heavy atom. The van der Waals surface area contributed by atoms with Crippen LogP contribution in [0.5, 0.6) is 5.75 Å². The predicted octanol–water partition coefficient (Wildman–Crippen LogP) is 1.04. The van der Waals surface area contributed by atoms with Crippen LogP contribution < -0.4 is 10.5 Å². The molecule has 2 rings (SSSR count). The van der Waals surface area contributed by atoms with Gasteiger partial charge in [-0.1, -0.05) is 0 Å². The summed E-state index contributed by atoms with van der Waals surface area (Å²) < 4.78 is 6.61. The molecule has 0 radical (unpaired) electrons. The zero-order chi connectivity index (χ0) is 14.7. The van der Waals surface area contributed by atoms with Crippen LogP contribution in [0.4, 0.5) is 11.5 Å². The van der Waals surface area contributed by atoms with Gasteiger partial charge in [0.25, 0.3) is 5.69 Å². The minimum Gasteiger partial charge on any atom is -0.496 e. The Bertz CT molecular complexity index is 638. The van der Waals surface area contributed by atoms with E-state index >= 15 is 0 Å². The number of non-ortho nitro benzene ring substituents is 1. The van der Waals surface area contributed by atoms with Gasteiger partial charge in [-0.25, -0.2) is 4.68 Å². The molecule has 0 bridgehead atoms. The van der Waals surface area contributed by atoms with E-state index in [9.17, 15) is 10.1 Å². The molecule has 0 aliphatic heterocycles. The molecule has 1 aromatic carbocycles. The highest BCUT2D eigenvalue weighted by Crippen LogP contribution is 2.33. The summed E-state index contributed by atoms with van der Waals surface area (Å²) in [6, 6.07) is 5.89. The molecule has 3 N–H and O–H groups in total. The van der Waals surface area contributed by atoms with E-state index < -0.39 is 4.92 Å². The standard InChI is InChI=1S/C12H14N4O4/c1-20-11-6-8(16(18)19)2-3-9(11)10-7-12(13)15(14-10)4-5-17/h2-3,6-7,17H,4-5,13H2,1H3. The van der Waals surface area contributed by atoms with Crippen LogP contribution in [0.15, 0.2) is 24.3 Å². The molecule has 2 aromatic rings. The van der Waals surface area contributed by atoms with Crippen LogP contribution in [0.25, 0.3) is 11.3 Å². The number of methoxy groups -OCH3 is 1. The van der Waals surface area contributed by atoms with Crippen molar-refractivity contribution in [1.82, 2.24) is 9.78 Å². The summed E-state index contributed by atoms with van der Waals surface area (Å²) in [4.78, 5) is 10.2. The SMILES string of the molecule is COc1cc([N+](=O)[O-])ccc1-c1cc(N)n(CCO)n1.